The Balaban J connectivity index is 0.00000364. The van der Waals surface area contributed by atoms with Gasteiger partial charge in [0.05, 0.1) is 6.54 Å². The Kier molecular flexibility index (Phi) is 9.68. The number of thioether (sulfide) groups is 1. The van der Waals surface area contributed by atoms with E-state index in [1.165, 1.54) is 4.90 Å². The molecular formula is C18H24BrIN4O2S. The number of primary amides is 1. The van der Waals surface area contributed by atoms with Crippen molar-refractivity contribution in [3.63, 3.8) is 0 Å². The predicted octanol–water partition coefficient (Wildman–Crippen LogP) is 3.99. The summed E-state index contributed by atoms with van der Waals surface area (Å²) in [4.78, 5) is 16.5. The van der Waals surface area contributed by atoms with Crippen LogP contribution in [0.3, 0.4) is 0 Å². The highest BCUT2D eigenvalue weighted by atomic mass is 127. The maximum Gasteiger partial charge on any atom is 0.284 e. The molecule has 0 atom stereocenters. The minimum Gasteiger partial charge on any atom is -0.454 e. The molecule has 1 amide bonds. The minimum atomic E-state index is -0.578. The van der Waals surface area contributed by atoms with Gasteiger partial charge in [0.2, 0.25) is 0 Å². The van der Waals surface area contributed by atoms with E-state index in [-0.39, 0.29) is 34.5 Å². The number of hydrogen-bond acceptors (Lipinski definition) is 4. The van der Waals surface area contributed by atoms with Gasteiger partial charge in [0.25, 0.3) is 5.91 Å². The lowest BCUT2D eigenvalue weighted by atomic mass is 10.2. The number of nitrogens with two attached hydrogens (primary N) is 1. The molecule has 6 nitrogen and oxygen atoms in total. The third-order valence-electron chi connectivity index (χ3n) is 3.45. The van der Waals surface area contributed by atoms with Crippen LogP contribution in [-0.4, -0.2) is 30.2 Å². The standard InChI is InChI=1S/C18H23BrN4O2S.HI/c1-18(2,26-14-7-4-12(19)5-8-14)11-23-17(21-3)22-10-13-6-9-15(25-13)16(20)24;/h4-9H,10-11H2,1-3H3,(H2,20,24)(H2,21,22,23);1H. The SMILES string of the molecule is CN=C(NCc1ccc(C(N)=O)o1)NCC(C)(C)Sc1ccc(Br)cc1.I. The first-order chi connectivity index (χ1) is 12.3. The Hall–Kier alpha value is -1.20. The van der Waals surface area contributed by atoms with Gasteiger partial charge in [-0.1, -0.05) is 15.9 Å². The van der Waals surface area contributed by atoms with Gasteiger partial charge in [-0.15, -0.1) is 35.7 Å². The summed E-state index contributed by atoms with van der Waals surface area (Å²) in [6, 6.07) is 11.5. The summed E-state index contributed by atoms with van der Waals surface area (Å²) in [7, 11) is 1.71. The first-order valence-corrected chi connectivity index (χ1v) is 9.67. The number of rotatable bonds is 7. The molecule has 1 heterocycles. The molecular weight excluding hydrogens is 543 g/mol. The smallest absolute Gasteiger partial charge is 0.284 e. The number of guanidine groups is 1. The molecule has 9 heteroatoms. The number of nitrogens with one attached hydrogen (secondary N) is 2. The van der Waals surface area contributed by atoms with Crippen molar-refractivity contribution < 1.29 is 9.21 Å². The largest absolute Gasteiger partial charge is 0.454 e. The number of benzene rings is 1. The van der Waals surface area contributed by atoms with Crippen molar-refractivity contribution in [1.29, 1.82) is 0 Å². The van der Waals surface area contributed by atoms with Gasteiger partial charge in [-0.3, -0.25) is 9.79 Å². The zero-order valence-electron chi connectivity index (χ0n) is 15.4. The molecule has 0 aliphatic heterocycles. The Labute approximate surface area is 189 Å². The van der Waals surface area contributed by atoms with Crippen LogP contribution in [-0.2, 0) is 6.54 Å². The molecule has 2 aromatic rings. The summed E-state index contributed by atoms with van der Waals surface area (Å²) >= 11 is 5.24. The van der Waals surface area contributed by atoms with Gasteiger partial charge in [-0.2, -0.15) is 0 Å². The molecule has 27 heavy (non-hydrogen) atoms. The summed E-state index contributed by atoms with van der Waals surface area (Å²) < 4.78 is 6.38. The Morgan fingerprint density at radius 3 is 2.44 bits per heavy atom. The van der Waals surface area contributed by atoms with Crippen LogP contribution < -0.4 is 16.4 Å². The molecule has 0 bridgehead atoms. The highest BCUT2D eigenvalue weighted by Crippen LogP contribution is 2.32. The molecule has 0 saturated carbocycles. The number of halogens is 2. The monoisotopic (exact) mass is 566 g/mol. The fraction of sp³-hybridized carbons (Fsp3) is 0.333. The fourth-order valence-electron chi connectivity index (χ4n) is 2.15. The lowest BCUT2D eigenvalue weighted by Crippen LogP contribution is -2.43. The van der Waals surface area contributed by atoms with E-state index in [4.69, 9.17) is 10.2 Å². The van der Waals surface area contributed by atoms with Crippen LogP contribution in [0.4, 0.5) is 0 Å². The highest BCUT2D eigenvalue weighted by molar-refractivity contribution is 14.0. The molecule has 0 aliphatic carbocycles. The van der Waals surface area contributed by atoms with Crippen LogP contribution in [0.1, 0.15) is 30.2 Å². The number of hydrogen-bond donors (Lipinski definition) is 3. The predicted molar refractivity (Wildman–Crippen MR) is 125 cm³/mol. The Morgan fingerprint density at radius 2 is 1.89 bits per heavy atom. The van der Waals surface area contributed by atoms with Gasteiger partial charge in [0.1, 0.15) is 5.76 Å². The second-order valence-electron chi connectivity index (χ2n) is 6.23. The summed E-state index contributed by atoms with van der Waals surface area (Å²) in [5.41, 5.74) is 5.18. The van der Waals surface area contributed by atoms with Gasteiger partial charge in [0.15, 0.2) is 11.7 Å². The summed E-state index contributed by atoms with van der Waals surface area (Å²) in [5.74, 6) is 0.846. The number of nitrogens with zero attached hydrogens (tertiary/aromatic N) is 1. The van der Waals surface area contributed by atoms with Crippen LogP contribution in [0.15, 0.2) is 55.2 Å². The van der Waals surface area contributed by atoms with Crippen molar-refractivity contribution in [3.05, 3.63) is 52.4 Å². The normalized spacial score (nSPS) is 11.6. The molecule has 0 aliphatic rings. The average molecular weight is 567 g/mol. The average Bonchev–Trinajstić information content (AvgIpc) is 3.06. The van der Waals surface area contributed by atoms with Crippen LogP contribution in [0.5, 0.6) is 0 Å². The second-order valence-corrected chi connectivity index (χ2v) is 8.92. The Bertz CT molecular complexity index is 778. The van der Waals surface area contributed by atoms with Crippen molar-refractivity contribution in [1.82, 2.24) is 10.6 Å². The van der Waals surface area contributed by atoms with E-state index >= 15 is 0 Å². The van der Waals surface area contributed by atoms with Crippen molar-refractivity contribution in [3.8, 4) is 0 Å². The summed E-state index contributed by atoms with van der Waals surface area (Å²) in [5, 5.41) is 6.48. The minimum absolute atomic E-state index is 0. The number of amides is 1. The zero-order chi connectivity index (χ0) is 19.2. The number of aliphatic imine (C=N–C) groups is 1. The lowest BCUT2D eigenvalue weighted by Gasteiger charge is -2.25. The first kappa shape index (κ1) is 23.8. The van der Waals surface area contributed by atoms with Crippen LogP contribution >= 0.6 is 51.7 Å². The van der Waals surface area contributed by atoms with E-state index in [1.807, 2.05) is 12.1 Å². The maximum absolute atomic E-state index is 11.1. The highest BCUT2D eigenvalue weighted by Gasteiger charge is 2.20. The first-order valence-electron chi connectivity index (χ1n) is 8.07. The molecule has 0 radical (unpaired) electrons. The third-order valence-corrected chi connectivity index (χ3v) is 5.18. The van der Waals surface area contributed by atoms with Crippen molar-refractivity contribution in [2.45, 2.75) is 30.0 Å². The quantitative estimate of drug-likeness (QED) is 0.204. The lowest BCUT2D eigenvalue weighted by molar-refractivity contribution is 0.0972. The third kappa shape index (κ3) is 8.14. The van der Waals surface area contributed by atoms with Gasteiger partial charge in [-0.05, 0) is 50.2 Å². The van der Waals surface area contributed by atoms with E-state index in [2.05, 4.69) is 57.5 Å². The van der Waals surface area contributed by atoms with Gasteiger partial charge >= 0.3 is 0 Å². The van der Waals surface area contributed by atoms with E-state index in [0.29, 0.717) is 18.3 Å². The second kappa shape index (κ2) is 11.0. The molecule has 0 unspecified atom stereocenters. The van der Waals surface area contributed by atoms with Gasteiger partial charge in [0, 0.05) is 27.7 Å². The fourth-order valence-corrected chi connectivity index (χ4v) is 3.47. The maximum atomic E-state index is 11.1. The van der Waals surface area contributed by atoms with Gasteiger partial charge in [-0.25, -0.2) is 0 Å². The molecule has 148 valence electrons. The topological polar surface area (TPSA) is 92.6 Å². The van der Waals surface area contributed by atoms with E-state index in [0.717, 1.165) is 11.0 Å². The number of carbonyl (C=O) groups is 1. The molecule has 4 N–H and O–H groups in total. The van der Waals surface area contributed by atoms with Crippen LogP contribution in [0.2, 0.25) is 0 Å². The van der Waals surface area contributed by atoms with Crippen LogP contribution in [0.25, 0.3) is 0 Å². The van der Waals surface area contributed by atoms with Crippen LogP contribution in [0, 0.1) is 0 Å². The van der Waals surface area contributed by atoms with Crippen molar-refractivity contribution >= 4 is 63.5 Å². The zero-order valence-corrected chi connectivity index (χ0v) is 20.1. The molecule has 2 rings (SSSR count). The van der Waals surface area contributed by atoms with Crippen molar-refractivity contribution in [2.24, 2.45) is 10.7 Å². The molecule has 1 aromatic heterocycles. The number of carbonyl (C=O) groups excluding carboxylic acids is 1. The number of furan rings is 1. The summed E-state index contributed by atoms with van der Waals surface area (Å²) in [6.45, 7) is 5.47. The van der Waals surface area contributed by atoms with E-state index in [9.17, 15) is 4.79 Å². The molecule has 0 spiro atoms. The van der Waals surface area contributed by atoms with E-state index in [1.54, 1.807) is 30.9 Å². The molecule has 1 aromatic carbocycles. The Morgan fingerprint density at radius 1 is 1.22 bits per heavy atom. The van der Waals surface area contributed by atoms with Gasteiger partial charge < -0.3 is 20.8 Å². The van der Waals surface area contributed by atoms with E-state index < -0.39 is 5.91 Å². The van der Waals surface area contributed by atoms with Crippen molar-refractivity contribution in [2.75, 3.05) is 13.6 Å². The molecule has 0 fully saturated rings. The molecule has 0 saturated heterocycles. The summed E-state index contributed by atoms with van der Waals surface area (Å²) in [6.07, 6.45) is 0.